The van der Waals surface area contributed by atoms with Crippen molar-refractivity contribution in [2.24, 2.45) is 5.73 Å². The van der Waals surface area contributed by atoms with Gasteiger partial charge in [-0.25, -0.2) is 15.0 Å². The highest BCUT2D eigenvalue weighted by Crippen LogP contribution is 2.28. The maximum absolute atomic E-state index is 12.5. The highest BCUT2D eigenvalue weighted by Gasteiger charge is 2.15. The summed E-state index contributed by atoms with van der Waals surface area (Å²) >= 11 is 13.2. The molecule has 7 nitrogen and oxygen atoms in total. The van der Waals surface area contributed by atoms with E-state index in [-0.39, 0.29) is 12.5 Å². The van der Waals surface area contributed by atoms with Crippen LogP contribution in [-0.4, -0.2) is 20.9 Å². The number of hydrogen-bond donors (Lipinski definition) is 3. The van der Waals surface area contributed by atoms with Gasteiger partial charge in [-0.3, -0.25) is 4.79 Å². The van der Waals surface area contributed by atoms with Crippen LogP contribution in [-0.2, 0) is 6.54 Å². The summed E-state index contributed by atoms with van der Waals surface area (Å²) in [4.78, 5) is 25.3. The molecule has 0 saturated heterocycles. The normalized spacial score (nSPS) is 10.6. The van der Waals surface area contributed by atoms with Crippen LogP contribution in [0.5, 0.6) is 0 Å². The minimum Gasteiger partial charge on any atom is -0.326 e. The monoisotopic (exact) mass is 408 g/mol. The average Bonchev–Trinajstić information content (AvgIpc) is 3.04. The molecule has 0 unspecified atom stereocenters. The van der Waals surface area contributed by atoms with Crippen LogP contribution in [0.3, 0.4) is 0 Å². The lowest BCUT2D eigenvalue weighted by molar-refractivity contribution is 0.103. The van der Waals surface area contributed by atoms with Crippen molar-refractivity contribution in [2.75, 3.05) is 10.6 Å². The summed E-state index contributed by atoms with van der Waals surface area (Å²) < 4.78 is 0. The minimum absolute atomic E-state index is 0.263. The van der Waals surface area contributed by atoms with E-state index in [2.05, 4.69) is 25.6 Å². The third-order valence-corrected chi connectivity index (χ3v) is 4.75. The van der Waals surface area contributed by atoms with E-state index in [0.717, 1.165) is 5.56 Å². The zero-order valence-corrected chi connectivity index (χ0v) is 15.9. The van der Waals surface area contributed by atoms with Crippen LogP contribution < -0.4 is 16.4 Å². The highest BCUT2D eigenvalue weighted by atomic mass is 35.5. The molecule has 1 aromatic carbocycles. The summed E-state index contributed by atoms with van der Waals surface area (Å²) in [6.07, 6.45) is 1.47. The maximum atomic E-state index is 12.5. The summed E-state index contributed by atoms with van der Waals surface area (Å²) in [5.41, 5.74) is 6.95. The number of benzene rings is 1. The van der Waals surface area contributed by atoms with E-state index in [1.807, 2.05) is 6.07 Å². The van der Waals surface area contributed by atoms with Gasteiger partial charge in [0.05, 0.1) is 16.9 Å². The summed E-state index contributed by atoms with van der Waals surface area (Å²) in [6, 6.07) is 6.86. The summed E-state index contributed by atoms with van der Waals surface area (Å²) in [5.74, 6) is 0.707. The number of rotatable bonds is 5. The molecule has 0 aliphatic carbocycles. The second-order valence-electron chi connectivity index (χ2n) is 5.21. The molecule has 3 rings (SSSR count). The molecule has 3 aromatic rings. The Morgan fingerprint density at radius 2 is 2.12 bits per heavy atom. The summed E-state index contributed by atoms with van der Waals surface area (Å²) in [5, 5.41) is 7.04. The van der Waals surface area contributed by atoms with Crippen LogP contribution in [0.25, 0.3) is 0 Å². The number of aryl methyl sites for hydroxylation is 1. The van der Waals surface area contributed by atoms with Crippen molar-refractivity contribution < 1.29 is 4.79 Å². The Morgan fingerprint density at radius 3 is 2.85 bits per heavy atom. The number of nitrogens with two attached hydrogens (primary N) is 1. The first-order chi connectivity index (χ1) is 12.5. The molecule has 0 fully saturated rings. The van der Waals surface area contributed by atoms with Crippen LogP contribution in [0.2, 0.25) is 10.2 Å². The third kappa shape index (κ3) is 4.28. The molecule has 10 heteroatoms. The van der Waals surface area contributed by atoms with E-state index < -0.39 is 0 Å². The van der Waals surface area contributed by atoms with Gasteiger partial charge in [-0.15, -0.1) is 0 Å². The Morgan fingerprint density at radius 1 is 1.31 bits per heavy atom. The van der Waals surface area contributed by atoms with Crippen LogP contribution in [0.1, 0.15) is 21.1 Å². The van der Waals surface area contributed by atoms with E-state index in [1.54, 1.807) is 25.1 Å². The number of carbonyl (C=O) groups is 1. The molecule has 0 aliphatic rings. The summed E-state index contributed by atoms with van der Waals surface area (Å²) in [7, 11) is 0. The van der Waals surface area contributed by atoms with E-state index >= 15 is 0 Å². The Kier molecular flexibility index (Phi) is 5.67. The van der Waals surface area contributed by atoms with E-state index in [9.17, 15) is 4.79 Å². The Bertz CT molecular complexity index is 941. The van der Waals surface area contributed by atoms with Gasteiger partial charge in [0.15, 0.2) is 5.13 Å². The predicted octanol–water partition coefficient (Wildman–Crippen LogP) is 4.00. The number of aromatic nitrogens is 3. The third-order valence-electron chi connectivity index (χ3n) is 3.33. The number of nitrogens with zero attached hydrogens (tertiary/aromatic N) is 3. The minimum atomic E-state index is -0.324. The number of anilines is 3. The first-order valence-electron chi connectivity index (χ1n) is 7.49. The quantitative estimate of drug-likeness (QED) is 0.550. The zero-order valence-electron chi connectivity index (χ0n) is 13.6. The van der Waals surface area contributed by atoms with E-state index in [1.165, 1.54) is 17.5 Å². The SMILES string of the molecule is Cc1nc(Cl)cc(Nc2ncc(C(=O)Nc3c(Cl)cccc3CN)s2)n1. The molecule has 4 N–H and O–H groups in total. The molecular formula is C16H14Cl2N6OS. The number of halogens is 2. The lowest BCUT2D eigenvalue weighted by Gasteiger charge is -2.10. The standard InChI is InChI=1S/C16H14Cl2N6OS/c1-8-21-12(18)5-13(22-8)23-16-20-7-11(26-16)15(25)24-14-9(6-19)3-2-4-10(14)17/h2-5,7H,6,19H2,1H3,(H,24,25)(H,20,21,22,23). The van der Waals surface area contributed by atoms with Crippen LogP contribution >= 0.6 is 34.5 Å². The van der Waals surface area contributed by atoms with Gasteiger partial charge in [-0.2, -0.15) is 0 Å². The highest BCUT2D eigenvalue weighted by molar-refractivity contribution is 7.17. The molecule has 0 radical (unpaired) electrons. The number of thiazole rings is 1. The van der Waals surface area contributed by atoms with Crippen LogP contribution in [0, 0.1) is 6.92 Å². The Balaban J connectivity index is 1.76. The summed E-state index contributed by atoms with van der Waals surface area (Å²) in [6.45, 7) is 2.00. The van der Waals surface area contributed by atoms with Crippen molar-refractivity contribution in [3.05, 3.63) is 56.9 Å². The van der Waals surface area contributed by atoms with Gasteiger partial charge in [-0.1, -0.05) is 46.7 Å². The van der Waals surface area contributed by atoms with Crippen LogP contribution in [0.4, 0.5) is 16.6 Å². The zero-order chi connectivity index (χ0) is 18.7. The molecule has 26 heavy (non-hydrogen) atoms. The topological polar surface area (TPSA) is 106 Å². The maximum Gasteiger partial charge on any atom is 0.267 e. The lowest BCUT2D eigenvalue weighted by Crippen LogP contribution is -2.13. The van der Waals surface area contributed by atoms with Crippen molar-refractivity contribution in [3.63, 3.8) is 0 Å². The number of hydrogen-bond acceptors (Lipinski definition) is 7. The van der Waals surface area contributed by atoms with Crippen molar-refractivity contribution in [1.82, 2.24) is 15.0 Å². The van der Waals surface area contributed by atoms with Crippen molar-refractivity contribution in [1.29, 1.82) is 0 Å². The Labute approximate surface area is 163 Å². The van der Waals surface area contributed by atoms with Gasteiger partial charge in [0.25, 0.3) is 5.91 Å². The number of amides is 1. The van der Waals surface area contributed by atoms with Gasteiger partial charge in [0, 0.05) is 12.6 Å². The van der Waals surface area contributed by atoms with E-state index in [0.29, 0.717) is 37.5 Å². The number of para-hydroxylation sites is 1. The molecule has 134 valence electrons. The smallest absolute Gasteiger partial charge is 0.267 e. The first kappa shape index (κ1) is 18.5. The van der Waals surface area contributed by atoms with Crippen molar-refractivity contribution in [3.8, 4) is 0 Å². The Hall–Kier alpha value is -2.26. The van der Waals surface area contributed by atoms with Crippen LogP contribution in [0.15, 0.2) is 30.5 Å². The molecule has 2 aromatic heterocycles. The second-order valence-corrected chi connectivity index (χ2v) is 7.04. The fraction of sp³-hybridized carbons (Fsp3) is 0.125. The first-order valence-corrected chi connectivity index (χ1v) is 9.06. The largest absolute Gasteiger partial charge is 0.326 e. The van der Waals surface area contributed by atoms with Crippen molar-refractivity contribution >= 4 is 57.1 Å². The second kappa shape index (κ2) is 7.96. The molecular weight excluding hydrogens is 395 g/mol. The molecule has 0 bridgehead atoms. The fourth-order valence-corrected chi connectivity index (χ4v) is 3.38. The van der Waals surface area contributed by atoms with E-state index in [4.69, 9.17) is 28.9 Å². The molecule has 2 heterocycles. The predicted molar refractivity (Wildman–Crippen MR) is 104 cm³/mol. The lowest BCUT2D eigenvalue weighted by atomic mass is 10.1. The fourth-order valence-electron chi connectivity index (χ4n) is 2.20. The van der Waals surface area contributed by atoms with Gasteiger partial charge in [-0.05, 0) is 18.6 Å². The molecule has 0 spiro atoms. The number of carbonyl (C=O) groups excluding carboxylic acids is 1. The van der Waals surface area contributed by atoms with Crippen molar-refractivity contribution in [2.45, 2.75) is 13.5 Å². The average molecular weight is 409 g/mol. The van der Waals surface area contributed by atoms with Gasteiger partial charge in [0.1, 0.15) is 21.7 Å². The van der Waals surface area contributed by atoms with Gasteiger partial charge in [0.2, 0.25) is 0 Å². The number of nitrogens with one attached hydrogen (secondary N) is 2. The van der Waals surface area contributed by atoms with Gasteiger partial charge >= 0.3 is 0 Å². The molecule has 0 aliphatic heterocycles. The van der Waals surface area contributed by atoms with Gasteiger partial charge < -0.3 is 16.4 Å². The molecule has 0 atom stereocenters. The molecule has 0 saturated carbocycles. The molecule has 1 amide bonds.